The topological polar surface area (TPSA) is 107 Å². The van der Waals surface area contributed by atoms with Crippen molar-refractivity contribution in [3.63, 3.8) is 0 Å². The molecule has 0 spiro atoms. The fourth-order valence-electron chi connectivity index (χ4n) is 6.67. The molecule has 1 saturated carbocycles. The molecule has 4 aromatic rings. The van der Waals surface area contributed by atoms with Crippen molar-refractivity contribution in [3.05, 3.63) is 88.0 Å². The maximum atomic E-state index is 13.5. The van der Waals surface area contributed by atoms with Crippen LogP contribution in [0.15, 0.2) is 54.1 Å². The molecule has 1 fully saturated rings. The predicted molar refractivity (Wildman–Crippen MR) is 154 cm³/mol. The molecule has 9 heteroatoms. The van der Waals surface area contributed by atoms with Gasteiger partial charge < -0.3 is 9.84 Å². The van der Waals surface area contributed by atoms with Gasteiger partial charge >= 0.3 is 5.97 Å². The molecule has 0 amide bonds. The van der Waals surface area contributed by atoms with E-state index in [0.717, 1.165) is 56.5 Å². The first kappa shape index (κ1) is 27.2. The Morgan fingerprint density at radius 3 is 2.68 bits per heavy atom. The van der Waals surface area contributed by atoms with E-state index in [0.29, 0.717) is 24.4 Å². The first-order valence-electron chi connectivity index (χ1n) is 14.8. The highest BCUT2D eigenvalue weighted by molar-refractivity contribution is 5.90. The van der Waals surface area contributed by atoms with E-state index in [9.17, 15) is 9.90 Å². The number of aliphatic hydroxyl groups excluding tert-OH is 1. The average molecular weight is 555 g/mol. The van der Waals surface area contributed by atoms with Gasteiger partial charge in [0.2, 0.25) is 0 Å². The van der Waals surface area contributed by atoms with Crippen LogP contribution in [-0.4, -0.2) is 46.0 Å². The molecule has 0 saturated heterocycles. The van der Waals surface area contributed by atoms with Crippen LogP contribution in [0.3, 0.4) is 0 Å². The zero-order chi connectivity index (χ0) is 28.6. The maximum absolute atomic E-state index is 13.5. The fourth-order valence-corrected chi connectivity index (χ4v) is 6.67. The number of carbonyl (C=O) groups excluding carboxylic acids is 1. The summed E-state index contributed by atoms with van der Waals surface area (Å²) in [6, 6.07) is 10.5. The minimum absolute atomic E-state index is 0.108. The average Bonchev–Trinajstić information content (AvgIpc) is 3.73. The van der Waals surface area contributed by atoms with Crippen LogP contribution in [-0.2, 0) is 35.3 Å². The Labute approximate surface area is 240 Å². The molecule has 3 aromatic heterocycles. The van der Waals surface area contributed by atoms with Crippen LogP contribution < -0.4 is 0 Å². The number of cyclic esters (lactones) is 1. The molecule has 1 atom stereocenters. The molecular weight excluding hydrogens is 516 g/mol. The van der Waals surface area contributed by atoms with E-state index in [4.69, 9.17) is 4.74 Å². The molecule has 1 aliphatic heterocycles. The number of nitrogens with zero attached hydrogens (tertiary/aromatic N) is 6. The van der Waals surface area contributed by atoms with E-state index >= 15 is 0 Å². The molecular formula is C32H38N6O3. The van der Waals surface area contributed by atoms with Gasteiger partial charge in [-0.15, -0.1) is 5.10 Å². The van der Waals surface area contributed by atoms with Gasteiger partial charge in [0.05, 0.1) is 12.1 Å². The predicted octanol–water partition coefficient (Wildman–Crippen LogP) is 5.41. The Bertz CT molecular complexity index is 1600. The minimum Gasteiger partial charge on any atom is -0.512 e. The van der Waals surface area contributed by atoms with Gasteiger partial charge in [-0.05, 0) is 80.7 Å². The Kier molecular flexibility index (Phi) is 7.36. The number of hydrogen-bond donors (Lipinski definition) is 1. The standard InChI is InChI=1S/C32H38N6O3/c1-4-24-17-23(10-11-25(24)20-37-15-7-14-33-37)12-13-32(26-8-5-6-9-26)19-28(39)27(30(40)41-32)18-29-35-31-34-21(2)16-22(3)38(31)36-29/h7,10-11,14-17,26,39H,4-6,8-9,12-13,18-20H2,1-3H3. The third-order valence-electron chi connectivity index (χ3n) is 8.83. The maximum Gasteiger partial charge on any atom is 0.338 e. The van der Waals surface area contributed by atoms with Gasteiger partial charge in [-0.1, -0.05) is 38.0 Å². The zero-order valence-corrected chi connectivity index (χ0v) is 24.1. The lowest BCUT2D eigenvalue weighted by atomic mass is 9.76. The van der Waals surface area contributed by atoms with Crippen molar-refractivity contribution >= 4 is 11.7 Å². The molecule has 214 valence electrons. The van der Waals surface area contributed by atoms with Gasteiger partial charge in [0.25, 0.3) is 5.78 Å². The number of ether oxygens (including phenoxy) is 1. The first-order chi connectivity index (χ1) is 19.8. The van der Waals surface area contributed by atoms with E-state index < -0.39 is 11.6 Å². The lowest BCUT2D eigenvalue weighted by Gasteiger charge is -2.41. The van der Waals surface area contributed by atoms with Crippen molar-refractivity contribution in [2.75, 3.05) is 0 Å². The summed E-state index contributed by atoms with van der Waals surface area (Å²) in [6.07, 6.45) is 10.9. The van der Waals surface area contributed by atoms with E-state index in [1.165, 1.54) is 16.7 Å². The number of aryl methyl sites for hydroxylation is 4. The van der Waals surface area contributed by atoms with Crippen LogP contribution in [0.25, 0.3) is 5.78 Å². The largest absolute Gasteiger partial charge is 0.512 e. The van der Waals surface area contributed by atoms with Crippen LogP contribution in [0.5, 0.6) is 0 Å². The molecule has 2 aliphatic rings. The number of hydrogen-bond acceptors (Lipinski definition) is 7. The zero-order valence-electron chi connectivity index (χ0n) is 24.1. The highest BCUT2D eigenvalue weighted by atomic mass is 16.6. The number of benzene rings is 1. The number of carbonyl (C=O) groups is 1. The van der Waals surface area contributed by atoms with Crippen LogP contribution in [0, 0.1) is 19.8 Å². The Hall–Kier alpha value is -4.01. The van der Waals surface area contributed by atoms with E-state index in [-0.39, 0.29) is 23.7 Å². The molecule has 6 rings (SSSR count). The van der Waals surface area contributed by atoms with Gasteiger partial charge in [0.15, 0.2) is 5.82 Å². The summed E-state index contributed by atoms with van der Waals surface area (Å²) in [5.74, 6) is 0.827. The van der Waals surface area contributed by atoms with Gasteiger partial charge in [-0.2, -0.15) is 10.1 Å². The van der Waals surface area contributed by atoms with Crippen LogP contribution >= 0.6 is 0 Å². The van der Waals surface area contributed by atoms with Crippen molar-refractivity contribution in [1.82, 2.24) is 29.4 Å². The molecule has 1 aliphatic carbocycles. The van der Waals surface area contributed by atoms with Crippen LogP contribution in [0.1, 0.15) is 79.4 Å². The third kappa shape index (κ3) is 5.49. The van der Waals surface area contributed by atoms with Crippen molar-refractivity contribution in [3.8, 4) is 0 Å². The molecule has 0 radical (unpaired) electrons. The molecule has 4 heterocycles. The molecule has 9 nitrogen and oxygen atoms in total. The first-order valence-corrected chi connectivity index (χ1v) is 14.8. The van der Waals surface area contributed by atoms with Crippen molar-refractivity contribution < 1.29 is 14.6 Å². The van der Waals surface area contributed by atoms with Crippen LogP contribution in [0.2, 0.25) is 0 Å². The lowest BCUT2D eigenvalue weighted by Crippen LogP contribution is -2.46. The molecule has 0 bridgehead atoms. The van der Waals surface area contributed by atoms with Gasteiger partial charge in [0.1, 0.15) is 11.4 Å². The van der Waals surface area contributed by atoms with Gasteiger partial charge in [-0.3, -0.25) is 4.68 Å². The third-order valence-corrected chi connectivity index (χ3v) is 8.83. The summed E-state index contributed by atoms with van der Waals surface area (Å²) in [4.78, 5) is 22.5. The highest BCUT2D eigenvalue weighted by Gasteiger charge is 2.48. The molecule has 1 unspecified atom stereocenters. The van der Waals surface area contributed by atoms with Gasteiger partial charge in [0, 0.05) is 36.6 Å². The summed E-state index contributed by atoms with van der Waals surface area (Å²) in [7, 11) is 0. The summed E-state index contributed by atoms with van der Waals surface area (Å²) < 4.78 is 9.97. The Morgan fingerprint density at radius 2 is 1.95 bits per heavy atom. The SMILES string of the molecule is CCc1cc(CCC2(C3CCCC3)CC(O)=C(Cc3nc4nc(C)cc(C)n4n3)C(=O)O2)ccc1Cn1cccn1. The molecule has 1 N–H and O–H groups in total. The summed E-state index contributed by atoms with van der Waals surface area (Å²) in [5, 5.41) is 20.2. The number of aliphatic hydroxyl groups is 1. The van der Waals surface area contributed by atoms with E-state index in [1.54, 1.807) is 10.7 Å². The van der Waals surface area contributed by atoms with Crippen molar-refractivity contribution in [1.29, 1.82) is 0 Å². The second kappa shape index (κ2) is 11.1. The second-order valence-electron chi connectivity index (χ2n) is 11.7. The number of fused-ring (bicyclic) bond motifs is 1. The highest BCUT2D eigenvalue weighted by Crippen LogP contribution is 2.46. The number of rotatable bonds is 9. The smallest absolute Gasteiger partial charge is 0.338 e. The Balaban J connectivity index is 1.23. The van der Waals surface area contributed by atoms with E-state index in [2.05, 4.69) is 45.3 Å². The lowest BCUT2D eigenvalue weighted by molar-refractivity contribution is -0.167. The summed E-state index contributed by atoms with van der Waals surface area (Å²) in [6.45, 7) is 6.78. The van der Waals surface area contributed by atoms with E-state index in [1.807, 2.05) is 36.9 Å². The quantitative estimate of drug-likeness (QED) is 0.276. The normalized spacial score (nSPS) is 19.8. The fraction of sp³-hybridized carbons (Fsp3) is 0.469. The van der Waals surface area contributed by atoms with Gasteiger partial charge in [-0.25, -0.2) is 14.3 Å². The van der Waals surface area contributed by atoms with Crippen molar-refractivity contribution in [2.45, 2.75) is 90.7 Å². The van der Waals surface area contributed by atoms with Crippen molar-refractivity contribution in [2.24, 2.45) is 5.92 Å². The minimum atomic E-state index is -0.705. The summed E-state index contributed by atoms with van der Waals surface area (Å²) in [5.41, 5.74) is 5.10. The monoisotopic (exact) mass is 554 g/mol. The summed E-state index contributed by atoms with van der Waals surface area (Å²) >= 11 is 0. The number of aromatic nitrogens is 6. The Morgan fingerprint density at radius 1 is 1.12 bits per heavy atom. The van der Waals surface area contributed by atoms with Crippen LogP contribution in [0.4, 0.5) is 0 Å². The second-order valence-corrected chi connectivity index (χ2v) is 11.7. The number of esters is 1. The molecule has 41 heavy (non-hydrogen) atoms. The molecule has 1 aromatic carbocycles.